The highest BCUT2D eigenvalue weighted by Crippen LogP contribution is 2.35. The normalized spacial score (nSPS) is 11.5. The molecular weight excluding hydrogens is 933 g/mol. The fraction of sp³-hybridized carbons (Fsp3) is 0.278. The molecule has 1 atom stereocenters. The number of phenols is 2. The first kappa shape index (κ1) is 53.4. The number of phenolic OH excluding ortho intramolecular Hbond substituents is 2. The summed E-state index contributed by atoms with van der Waals surface area (Å²) < 4.78 is 31.7. The number of ketones is 1. The zero-order valence-electron chi connectivity index (χ0n) is 42.1. The van der Waals surface area contributed by atoms with E-state index in [2.05, 4.69) is 32.6 Å². The van der Waals surface area contributed by atoms with E-state index < -0.39 is 12.2 Å². The Morgan fingerprint density at radius 1 is 0.685 bits per heavy atom. The van der Waals surface area contributed by atoms with Gasteiger partial charge in [-0.3, -0.25) is 4.79 Å². The van der Waals surface area contributed by atoms with Crippen molar-refractivity contribution in [1.29, 1.82) is 10.5 Å². The molecule has 1 unspecified atom stereocenters. The van der Waals surface area contributed by atoms with Crippen molar-refractivity contribution in [2.24, 2.45) is 16.8 Å². The molecule has 8 aromatic rings. The van der Waals surface area contributed by atoms with E-state index in [9.17, 15) is 30.7 Å². The van der Waals surface area contributed by atoms with Gasteiger partial charge in [-0.05, 0) is 129 Å². The van der Waals surface area contributed by atoms with Crippen LogP contribution in [0.3, 0.4) is 0 Å². The number of Topliss-reactive ketones (excluding diaryl/α,β-unsaturated/α-hetero) is 1. The maximum Gasteiger partial charge on any atom is 0.185 e. The molecule has 0 aliphatic carbocycles. The SMILES string of the molecule is CCc1nn(-c2ccc(O)cc2)c(-c2occc2C)c1C#N.CCc1nn(-c2ccc(O)cc2)c(-c2occc2C)c1C(N)=NO.CCc1nn(-c2ccc(OC)cc2)c(C(=O)C(C)CC(OC)OC)c1C#N. The number of nitriles is 2. The van der Waals surface area contributed by atoms with Crippen molar-refractivity contribution < 1.29 is 43.3 Å². The summed E-state index contributed by atoms with van der Waals surface area (Å²) >= 11 is 0. The van der Waals surface area contributed by atoms with E-state index in [1.165, 1.54) is 14.2 Å². The van der Waals surface area contributed by atoms with Gasteiger partial charge >= 0.3 is 0 Å². The van der Waals surface area contributed by atoms with Gasteiger partial charge in [-0.2, -0.15) is 25.8 Å². The minimum atomic E-state index is -0.488. The highest BCUT2D eigenvalue weighted by molar-refractivity contribution is 6.03. The second kappa shape index (κ2) is 24.3. The monoisotopic (exact) mass is 990 g/mol. The van der Waals surface area contributed by atoms with Crippen molar-refractivity contribution in [2.45, 2.75) is 73.5 Å². The van der Waals surface area contributed by atoms with E-state index in [0.29, 0.717) is 88.1 Å². The molecule has 19 nitrogen and oxygen atoms in total. The average Bonchev–Trinajstić information content (AvgIpc) is 4.27. The number of oxime groups is 1. The summed E-state index contributed by atoms with van der Waals surface area (Å²) in [5.41, 5.74) is 14.9. The van der Waals surface area contributed by atoms with Crippen LogP contribution in [0, 0.1) is 42.4 Å². The topological polar surface area (TPSA) is 271 Å². The standard InChI is InChI=1S/C20H25N3O4.C17H18N4O3.C17H15N3O2/c1-6-17-16(12-21)19(20(24)13(2)11-18(26-4)27-5)23(22-17)14-7-9-15(25-3)10-8-14;1-3-13-14(17(18)20-23)15(16-10(2)8-9-24-16)21(19-13)11-4-6-12(22)7-5-11;1-3-15-14(10-18)16(17-11(2)8-9-22-17)20(19-15)12-4-6-13(21)7-5-12/h7-10,13,18H,6,11H2,1-5H3;4-9,22-23H,3H2,1-2H3,(H2,18,20);4-9,21H,3H2,1-2H3. The second-order valence-corrected chi connectivity index (χ2v) is 16.5. The zero-order valence-corrected chi connectivity index (χ0v) is 42.1. The molecular formula is C54H58N10O9. The van der Waals surface area contributed by atoms with Crippen LogP contribution in [0.2, 0.25) is 0 Å². The van der Waals surface area contributed by atoms with Gasteiger partial charge in [0.1, 0.15) is 57.6 Å². The van der Waals surface area contributed by atoms with E-state index in [0.717, 1.165) is 28.2 Å². The first-order valence-corrected chi connectivity index (χ1v) is 23.3. The quantitative estimate of drug-likeness (QED) is 0.0175. The van der Waals surface area contributed by atoms with E-state index in [1.807, 2.05) is 46.8 Å². The molecule has 0 spiro atoms. The number of carbonyl (C=O) groups is 1. The molecule has 0 saturated heterocycles. The third-order valence-corrected chi connectivity index (χ3v) is 11.9. The largest absolute Gasteiger partial charge is 0.508 e. The lowest BCUT2D eigenvalue weighted by atomic mass is 9.96. The third kappa shape index (κ3) is 11.5. The summed E-state index contributed by atoms with van der Waals surface area (Å²) in [4.78, 5) is 13.2. The van der Waals surface area contributed by atoms with E-state index in [4.69, 9.17) is 28.8 Å². The van der Waals surface area contributed by atoms with Crippen LogP contribution in [0.4, 0.5) is 0 Å². The second-order valence-electron chi connectivity index (χ2n) is 16.5. The van der Waals surface area contributed by atoms with Gasteiger partial charge in [0.25, 0.3) is 0 Å². The lowest BCUT2D eigenvalue weighted by Gasteiger charge is -2.18. The fourth-order valence-corrected chi connectivity index (χ4v) is 7.95. The summed E-state index contributed by atoms with van der Waals surface area (Å²) in [6.07, 6.45) is 4.89. The first-order chi connectivity index (χ1) is 35.2. The van der Waals surface area contributed by atoms with Crippen molar-refractivity contribution in [3.05, 3.63) is 148 Å². The molecule has 5 heterocycles. The summed E-state index contributed by atoms with van der Waals surface area (Å²) in [6.45, 7) is 11.4. The zero-order chi connectivity index (χ0) is 52.9. The van der Waals surface area contributed by atoms with Gasteiger partial charge in [-0.1, -0.05) is 32.9 Å². The van der Waals surface area contributed by atoms with Gasteiger partial charge in [0, 0.05) is 26.6 Å². The molecule has 0 saturated carbocycles. The number of carbonyl (C=O) groups excluding carboxylic acids is 1. The number of nitrogens with two attached hydrogens (primary N) is 1. The fourth-order valence-electron chi connectivity index (χ4n) is 7.95. The number of hydrogen-bond acceptors (Lipinski definition) is 15. The van der Waals surface area contributed by atoms with E-state index in [1.54, 1.807) is 113 Å². The van der Waals surface area contributed by atoms with Gasteiger partial charge in [0.2, 0.25) is 0 Å². The number of amidine groups is 1. The summed E-state index contributed by atoms with van der Waals surface area (Å²) in [5.74, 6) is 1.67. The van der Waals surface area contributed by atoms with Crippen LogP contribution in [-0.4, -0.2) is 84.0 Å². The molecule has 0 aliphatic heterocycles. The Morgan fingerprint density at radius 2 is 1.12 bits per heavy atom. The lowest BCUT2D eigenvalue weighted by molar-refractivity contribution is -0.110. The number of benzene rings is 3. The molecule has 5 N–H and O–H groups in total. The molecule has 0 bridgehead atoms. The maximum atomic E-state index is 13.2. The number of aryl methyl sites for hydroxylation is 5. The number of nitrogens with zero attached hydrogens (tertiary/aromatic N) is 9. The summed E-state index contributed by atoms with van der Waals surface area (Å²) in [6, 6.07) is 28.6. The van der Waals surface area contributed by atoms with Gasteiger partial charge in [0.05, 0.1) is 59.3 Å². The summed E-state index contributed by atoms with van der Waals surface area (Å²) in [5, 5.41) is 64.1. The number of aromatic nitrogens is 6. The number of hydrogen-bond donors (Lipinski definition) is 4. The first-order valence-electron chi connectivity index (χ1n) is 23.3. The van der Waals surface area contributed by atoms with Gasteiger partial charge < -0.3 is 44.2 Å². The predicted molar refractivity (Wildman–Crippen MR) is 271 cm³/mol. The maximum absolute atomic E-state index is 13.2. The molecule has 5 aromatic heterocycles. The highest BCUT2D eigenvalue weighted by Gasteiger charge is 2.30. The van der Waals surface area contributed by atoms with Crippen molar-refractivity contribution in [1.82, 2.24) is 29.3 Å². The molecule has 378 valence electrons. The molecule has 0 aliphatic rings. The average molecular weight is 991 g/mol. The number of methoxy groups -OCH3 is 3. The van der Waals surface area contributed by atoms with Crippen molar-refractivity contribution in [3.8, 4) is 69.4 Å². The minimum Gasteiger partial charge on any atom is -0.508 e. The molecule has 19 heteroatoms. The number of aromatic hydroxyl groups is 2. The molecule has 73 heavy (non-hydrogen) atoms. The van der Waals surface area contributed by atoms with Crippen LogP contribution < -0.4 is 10.5 Å². The molecule has 0 fully saturated rings. The Hall–Kier alpha value is -8.91. The predicted octanol–water partition coefficient (Wildman–Crippen LogP) is 9.53. The van der Waals surface area contributed by atoms with Crippen molar-refractivity contribution in [2.75, 3.05) is 21.3 Å². The van der Waals surface area contributed by atoms with Crippen molar-refractivity contribution in [3.63, 3.8) is 0 Å². The number of furan rings is 2. The van der Waals surface area contributed by atoms with E-state index in [-0.39, 0.29) is 28.8 Å². The Bertz CT molecular complexity index is 3250. The smallest absolute Gasteiger partial charge is 0.185 e. The third-order valence-electron chi connectivity index (χ3n) is 11.9. The van der Waals surface area contributed by atoms with Crippen molar-refractivity contribution >= 4 is 11.6 Å². The van der Waals surface area contributed by atoms with Crippen LogP contribution in [0.15, 0.2) is 111 Å². The minimum absolute atomic E-state index is 0.0253. The number of rotatable bonds is 16. The Kier molecular flexibility index (Phi) is 17.8. The van der Waals surface area contributed by atoms with Gasteiger partial charge in [-0.25, -0.2) is 14.0 Å². The highest BCUT2D eigenvalue weighted by atomic mass is 16.7. The van der Waals surface area contributed by atoms with Gasteiger partial charge in [-0.15, -0.1) is 0 Å². The van der Waals surface area contributed by atoms with Gasteiger partial charge in [0.15, 0.2) is 29.4 Å². The van der Waals surface area contributed by atoms with Crippen LogP contribution in [-0.2, 0) is 28.7 Å². The Labute approximate surface area is 422 Å². The number of ether oxygens (including phenoxy) is 3. The molecule has 0 amide bonds. The Morgan fingerprint density at radius 3 is 1.56 bits per heavy atom. The Balaban J connectivity index is 0.000000179. The molecule has 8 rings (SSSR count). The molecule has 3 aromatic carbocycles. The van der Waals surface area contributed by atoms with Crippen LogP contribution >= 0.6 is 0 Å². The lowest BCUT2D eigenvalue weighted by Crippen LogP contribution is -2.24. The van der Waals surface area contributed by atoms with Crippen LogP contribution in [0.5, 0.6) is 17.2 Å². The van der Waals surface area contributed by atoms with E-state index >= 15 is 0 Å². The summed E-state index contributed by atoms with van der Waals surface area (Å²) in [7, 11) is 4.65. The van der Waals surface area contributed by atoms with Crippen LogP contribution in [0.1, 0.15) is 89.5 Å². The molecule has 0 radical (unpaired) electrons. The van der Waals surface area contributed by atoms with Crippen LogP contribution in [0.25, 0.3) is 40.0 Å².